The third-order valence-corrected chi connectivity index (χ3v) is 7.48. The van der Waals surface area contributed by atoms with Gasteiger partial charge in [-0.1, -0.05) is 25.1 Å². The SMILES string of the molecule is COc1cc(C2Oc3ccc(O)cc3C(C)=C2c2cccc(O)c2)ccc1OCC(C)N1CCC(C)C1. The molecule has 2 heterocycles. The van der Waals surface area contributed by atoms with Crippen molar-refractivity contribution in [3.63, 3.8) is 0 Å². The number of likely N-dealkylation sites (tertiary alicyclic amines) is 1. The van der Waals surface area contributed by atoms with Crippen molar-refractivity contribution in [1.29, 1.82) is 0 Å². The lowest BCUT2D eigenvalue weighted by molar-refractivity contribution is 0.165. The minimum absolute atomic E-state index is 0.177. The molecular formula is C31H35NO5. The number of aromatic hydroxyl groups is 2. The maximum Gasteiger partial charge on any atom is 0.161 e. The standard InChI is InChI=1S/C31H35NO5/c1-19-12-13-32(17-19)20(2)18-36-28-10-8-23(15-29(28)35-4)31-30(22-6-5-7-24(33)14-22)21(3)26-16-25(34)9-11-27(26)37-31/h5-11,14-16,19-20,31,33-34H,12-13,17-18H2,1-4H3. The van der Waals surface area contributed by atoms with Gasteiger partial charge in [-0.2, -0.15) is 0 Å². The molecule has 0 amide bonds. The number of benzene rings is 3. The Kier molecular flexibility index (Phi) is 7.02. The van der Waals surface area contributed by atoms with Crippen LogP contribution < -0.4 is 14.2 Å². The third kappa shape index (κ3) is 5.12. The fraction of sp³-hybridized carbons (Fsp3) is 0.355. The first-order chi connectivity index (χ1) is 17.8. The number of phenolic OH excluding ortho intramolecular Hbond substituents is 2. The number of hydrogen-bond donors (Lipinski definition) is 2. The van der Waals surface area contributed by atoms with Crippen LogP contribution in [-0.4, -0.2) is 48.0 Å². The van der Waals surface area contributed by atoms with Crippen LogP contribution >= 0.6 is 0 Å². The van der Waals surface area contributed by atoms with Crippen LogP contribution in [-0.2, 0) is 0 Å². The Morgan fingerprint density at radius 2 is 1.84 bits per heavy atom. The van der Waals surface area contributed by atoms with Gasteiger partial charge >= 0.3 is 0 Å². The number of methoxy groups -OCH3 is 1. The zero-order valence-corrected chi connectivity index (χ0v) is 21.9. The highest BCUT2D eigenvalue weighted by Gasteiger charge is 2.31. The monoisotopic (exact) mass is 501 g/mol. The molecule has 0 radical (unpaired) electrons. The predicted octanol–water partition coefficient (Wildman–Crippen LogP) is 6.28. The van der Waals surface area contributed by atoms with Crippen molar-refractivity contribution in [2.45, 2.75) is 39.3 Å². The van der Waals surface area contributed by atoms with Crippen molar-refractivity contribution in [2.24, 2.45) is 5.92 Å². The molecule has 3 aromatic rings. The highest BCUT2D eigenvalue weighted by molar-refractivity contribution is 5.96. The number of rotatable bonds is 7. The molecule has 3 aromatic carbocycles. The third-order valence-electron chi connectivity index (χ3n) is 7.48. The molecule has 5 rings (SSSR count). The Bertz CT molecular complexity index is 1320. The van der Waals surface area contributed by atoms with Crippen LogP contribution in [0.3, 0.4) is 0 Å². The highest BCUT2D eigenvalue weighted by atomic mass is 16.5. The van der Waals surface area contributed by atoms with E-state index in [1.165, 1.54) is 6.42 Å². The molecule has 37 heavy (non-hydrogen) atoms. The molecule has 6 heteroatoms. The lowest BCUT2D eigenvalue weighted by atomic mass is 9.86. The molecule has 1 fully saturated rings. The lowest BCUT2D eigenvalue weighted by Crippen LogP contribution is -2.35. The van der Waals surface area contributed by atoms with Crippen LogP contribution in [0, 0.1) is 5.92 Å². The fourth-order valence-corrected chi connectivity index (χ4v) is 5.37. The molecule has 3 atom stereocenters. The average Bonchev–Trinajstić information content (AvgIpc) is 3.33. The van der Waals surface area contributed by atoms with Gasteiger partial charge in [-0.15, -0.1) is 0 Å². The molecule has 6 nitrogen and oxygen atoms in total. The molecule has 0 aromatic heterocycles. The molecule has 0 spiro atoms. The van der Waals surface area contributed by atoms with Crippen molar-refractivity contribution in [2.75, 3.05) is 26.8 Å². The summed E-state index contributed by atoms with van der Waals surface area (Å²) in [6, 6.07) is 18.5. The number of allylic oxidation sites excluding steroid dienone is 1. The van der Waals surface area contributed by atoms with Crippen molar-refractivity contribution >= 4 is 11.1 Å². The summed E-state index contributed by atoms with van der Waals surface area (Å²) in [5.74, 6) is 3.13. The molecule has 3 unspecified atom stereocenters. The number of ether oxygens (including phenoxy) is 3. The average molecular weight is 502 g/mol. The van der Waals surface area contributed by atoms with Crippen molar-refractivity contribution in [3.05, 3.63) is 77.4 Å². The van der Waals surface area contributed by atoms with Gasteiger partial charge in [0.05, 0.1) is 7.11 Å². The first kappa shape index (κ1) is 25.0. The van der Waals surface area contributed by atoms with Gasteiger partial charge in [-0.25, -0.2) is 0 Å². The van der Waals surface area contributed by atoms with Gasteiger partial charge in [0, 0.05) is 29.3 Å². The second kappa shape index (κ2) is 10.4. The molecule has 2 aliphatic heterocycles. The number of fused-ring (bicyclic) bond motifs is 1. The van der Waals surface area contributed by atoms with Crippen LogP contribution in [0.1, 0.15) is 50.0 Å². The van der Waals surface area contributed by atoms with E-state index < -0.39 is 6.10 Å². The van der Waals surface area contributed by atoms with Gasteiger partial charge in [0.2, 0.25) is 0 Å². The molecule has 0 saturated carbocycles. The summed E-state index contributed by atoms with van der Waals surface area (Å²) >= 11 is 0. The van der Waals surface area contributed by atoms with E-state index in [2.05, 4.69) is 18.7 Å². The highest BCUT2D eigenvalue weighted by Crippen LogP contribution is 2.48. The van der Waals surface area contributed by atoms with Gasteiger partial charge in [0.15, 0.2) is 11.5 Å². The van der Waals surface area contributed by atoms with E-state index in [9.17, 15) is 10.2 Å². The molecule has 2 N–H and O–H groups in total. The zero-order chi connectivity index (χ0) is 26.1. The summed E-state index contributed by atoms with van der Waals surface area (Å²) in [6.07, 6.45) is 0.799. The summed E-state index contributed by atoms with van der Waals surface area (Å²) in [5, 5.41) is 20.3. The maximum atomic E-state index is 10.2. The van der Waals surface area contributed by atoms with E-state index in [-0.39, 0.29) is 11.5 Å². The second-order valence-corrected chi connectivity index (χ2v) is 10.2. The van der Waals surface area contributed by atoms with Crippen LogP contribution in [0.5, 0.6) is 28.7 Å². The second-order valence-electron chi connectivity index (χ2n) is 10.2. The smallest absolute Gasteiger partial charge is 0.161 e. The first-order valence-corrected chi connectivity index (χ1v) is 12.9. The Morgan fingerprint density at radius 1 is 1.03 bits per heavy atom. The van der Waals surface area contributed by atoms with Gasteiger partial charge in [-0.05, 0) is 86.3 Å². The summed E-state index contributed by atoms with van der Waals surface area (Å²) in [7, 11) is 1.65. The van der Waals surface area contributed by atoms with Crippen LogP contribution in [0.15, 0.2) is 60.7 Å². The van der Waals surface area contributed by atoms with Crippen molar-refractivity contribution in [3.8, 4) is 28.7 Å². The Morgan fingerprint density at radius 3 is 2.57 bits per heavy atom. The molecule has 1 saturated heterocycles. The van der Waals surface area contributed by atoms with Gasteiger partial charge in [0.1, 0.15) is 30.0 Å². The first-order valence-electron chi connectivity index (χ1n) is 12.9. The summed E-state index contributed by atoms with van der Waals surface area (Å²) < 4.78 is 18.5. The summed E-state index contributed by atoms with van der Waals surface area (Å²) in [4.78, 5) is 2.48. The molecule has 194 valence electrons. The molecular weight excluding hydrogens is 466 g/mol. The number of hydrogen-bond acceptors (Lipinski definition) is 6. The summed E-state index contributed by atoms with van der Waals surface area (Å²) in [6.45, 7) is 9.34. The van der Waals surface area contributed by atoms with E-state index >= 15 is 0 Å². The number of nitrogens with zero attached hydrogens (tertiary/aromatic N) is 1. The number of phenols is 2. The Balaban J connectivity index is 1.47. The fourth-order valence-electron chi connectivity index (χ4n) is 5.37. The van der Waals surface area contributed by atoms with E-state index in [1.807, 2.05) is 37.3 Å². The molecule has 0 bridgehead atoms. The molecule has 0 aliphatic carbocycles. The van der Waals surface area contributed by atoms with Crippen LogP contribution in [0.4, 0.5) is 0 Å². The minimum atomic E-state index is -0.438. The van der Waals surface area contributed by atoms with Crippen molar-refractivity contribution in [1.82, 2.24) is 4.90 Å². The normalized spacial score (nSPS) is 20.3. The summed E-state index contributed by atoms with van der Waals surface area (Å²) in [5.41, 5.74) is 4.47. The van der Waals surface area contributed by atoms with Crippen LogP contribution in [0.25, 0.3) is 11.1 Å². The molecule has 2 aliphatic rings. The largest absolute Gasteiger partial charge is 0.508 e. The van der Waals surface area contributed by atoms with E-state index in [1.54, 1.807) is 37.4 Å². The van der Waals surface area contributed by atoms with E-state index in [4.69, 9.17) is 14.2 Å². The lowest BCUT2D eigenvalue weighted by Gasteiger charge is -2.31. The van der Waals surface area contributed by atoms with Gasteiger partial charge in [0.25, 0.3) is 0 Å². The zero-order valence-electron chi connectivity index (χ0n) is 21.9. The maximum absolute atomic E-state index is 10.2. The van der Waals surface area contributed by atoms with Gasteiger partial charge < -0.3 is 24.4 Å². The van der Waals surface area contributed by atoms with Crippen molar-refractivity contribution < 1.29 is 24.4 Å². The van der Waals surface area contributed by atoms with E-state index in [0.29, 0.717) is 29.9 Å². The van der Waals surface area contributed by atoms with Crippen LogP contribution in [0.2, 0.25) is 0 Å². The van der Waals surface area contributed by atoms with E-state index in [0.717, 1.165) is 46.8 Å². The topological polar surface area (TPSA) is 71.4 Å². The van der Waals surface area contributed by atoms with Gasteiger partial charge in [-0.3, -0.25) is 4.90 Å². The predicted molar refractivity (Wildman–Crippen MR) is 145 cm³/mol. The Labute approximate surface area is 218 Å². The Hall–Kier alpha value is -3.64. The quantitative estimate of drug-likeness (QED) is 0.397. The minimum Gasteiger partial charge on any atom is -0.508 e.